The topological polar surface area (TPSA) is 105 Å². The number of aliphatic carboxylic acids is 1. The van der Waals surface area contributed by atoms with Gasteiger partial charge in [0.2, 0.25) is 0 Å². The molecule has 0 amide bonds. The maximum Gasteiger partial charge on any atom is 0.364 e. The summed E-state index contributed by atoms with van der Waals surface area (Å²) in [5.74, 6) is -0.565. The van der Waals surface area contributed by atoms with Crippen LogP contribution in [0.15, 0.2) is 47.6 Å². The van der Waals surface area contributed by atoms with Crippen molar-refractivity contribution in [2.75, 3.05) is 40.6 Å². The van der Waals surface area contributed by atoms with Gasteiger partial charge in [0.15, 0.2) is 18.1 Å². The van der Waals surface area contributed by atoms with Gasteiger partial charge in [-0.25, -0.2) is 4.79 Å². The van der Waals surface area contributed by atoms with E-state index in [4.69, 9.17) is 33.6 Å². The van der Waals surface area contributed by atoms with Gasteiger partial charge in [0.25, 0.3) is 5.79 Å². The van der Waals surface area contributed by atoms with Crippen molar-refractivity contribution in [2.24, 2.45) is 11.1 Å². The molecule has 1 N–H and O–H groups in total. The maximum atomic E-state index is 11.2. The highest BCUT2D eigenvalue weighted by molar-refractivity contribution is 5.98. The smallest absolute Gasteiger partial charge is 0.364 e. The van der Waals surface area contributed by atoms with Crippen molar-refractivity contribution < 1.29 is 38.4 Å². The van der Waals surface area contributed by atoms with E-state index in [0.717, 1.165) is 23.3 Å². The minimum absolute atomic E-state index is 0.0966. The molecule has 1 saturated heterocycles. The second-order valence-electron chi connectivity index (χ2n) is 8.02. The van der Waals surface area contributed by atoms with Gasteiger partial charge < -0.3 is 33.6 Å². The van der Waals surface area contributed by atoms with Crippen molar-refractivity contribution in [3.05, 3.63) is 53.6 Å². The molecule has 0 aliphatic carbocycles. The largest absolute Gasteiger partial charge is 0.493 e. The summed E-state index contributed by atoms with van der Waals surface area (Å²) < 4.78 is 27.1. The number of hydrogen-bond donors (Lipinski definition) is 1. The van der Waals surface area contributed by atoms with Gasteiger partial charge in [0.05, 0.1) is 33.1 Å². The zero-order valence-electron chi connectivity index (χ0n) is 19.9. The summed E-state index contributed by atoms with van der Waals surface area (Å²) in [5, 5.41) is 13.3. The van der Waals surface area contributed by atoms with E-state index in [1.54, 1.807) is 14.2 Å². The predicted octanol–water partition coefficient (Wildman–Crippen LogP) is 3.53. The normalized spacial score (nSPS) is 20.5. The summed E-state index contributed by atoms with van der Waals surface area (Å²) in [6, 6.07) is 13.3. The summed E-state index contributed by atoms with van der Waals surface area (Å²) in [6.07, 6.45) is 0.725. The minimum Gasteiger partial charge on any atom is -0.493 e. The van der Waals surface area contributed by atoms with Crippen LogP contribution < -0.4 is 14.2 Å². The highest BCUT2D eigenvalue weighted by Gasteiger charge is 2.40. The molecule has 0 unspecified atom stereocenters. The van der Waals surface area contributed by atoms with Crippen molar-refractivity contribution in [3.8, 4) is 17.2 Å². The number of nitrogens with zero attached hydrogens (tertiary/aromatic N) is 1. The van der Waals surface area contributed by atoms with Crippen LogP contribution in [0.1, 0.15) is 25.0 Å². The van der Waals surface area contributed by atoms with Crippen molar-refractivity contribution in [2.45, 2.75) is 26.1 Å². The van der Waals surface area contributed by atoms with E-state index in [0.29, 0.717) is 43.6 Å². The molecular formula is C25H31NO8. The zero-order valence-corrected chi connectivity index (χ0v) is 19.9. The van der Waals surface area contributed by atoms with Crippen molar-refractivity contribution in [3.63, 3.8) is 0 Å². The van der Waals surface area contributed by atoms with Crippen LogP contribution >= 0.6 is 0 Å². The zero-order chi connectivity index (χ0) is 24.6. The van der Waals surface area contributed by atoms with Crippen LogP contribution in [-0.2, 0) is 25.5 Å². The van der Waals surface area contributed by atoms with E-state index in [1.165, 1.54) is 6.92 Å². The summed E-state index contributed by atoms with van der Waals surface area (Å²) in [6.45, 7) is 4.59. The number of benzene rings is 2. The van der Waals surface area contributed by atoms with Gasteiger partial charge in [-0.15, -0.1) is 0 Å². The molecule has 2 aromatic carbocycles. The molecule has 9 nitrogen and oxygen atoms in total. The second kappa shape index (κ2) is 11.7. The first-order chi connectivity index (χ1) is 16.3. The lowest BCUT2D eigenvalue weighted by molar-refractivity contribution is -0.270. The first kappa shape index (κ1) is 25.3. The van der Waals surface area contributed by atoms with Crippen molar-refractivity contribution in [1.82, 2.24) is 0 Å². The van der Waals surface area contributed by atoms with Crippen LogP contribution in [-0.4, -0.2) is 63.2 Å². The molecule has 1 aliphatic rings. The monoisotopic (exact) mass is 473 g/mol. The molecular weight excluding hydrogens is 442 g/mol. The summed E-state index contributed by atoms with van der Waals surface area (Å²) in [5.41, 5.74) is 2.68. The number of carboxylic acids is 1. The molecule has 34 heavy (non-hydrogen) atoms. The maximum absolute atomic E-state index is 11.2. The Morgan fingerprint density at radius 3 is 2.35 bits per heavy atom. The Kier molecular flexibility index (Phi) is 8.72. The Hall–Kier alpha value is -3.30. The van der Waals surface area contributed by atoms with Gasteiger partial charge >= 0.3 is 5.97 Å². The van der Waals surface area contributed by atoms with E-state index in [-0.39, 0.29) is 5.92 Å². The first-order valence-electron chi connectivity index (χ1n) is 11.0. The molecule has 1 fully saturated rings. The summed E-state index contributed by atoms with van der Waals surface area (Å²) in [7, 11) is 3.18. The first-order valence-corrected chi connectivity index (χ1v) is 11.0. The summed E-state index contributed by atoms with van der Waals surface area (Å²) in [4.78, 5) is 16.5. The van der Waals surface area contributed by atoms with E-state index in [9.17, 15) is 4.79 Å². The van der Waals surface area contributed by atoms with E-state index in [1.807, 2.05) is 49.4 Å². The SMILES string of the molecule is COc1ccc(/C(C)=N/OCCOc2ccc(CC3COC(C)(C(=O)O)OC3)cc2)cc1OC. The lowest BCUT2D eigenvalue weighted by atomic mass is 9.99. The Bertz CT molecular complexity index is 981. The Balaban J connectivity index is 1.40. The molecule has 0 bridgehead atoms. The Morgan fingerprint density at radius 2 is 1.74 bits per heavy atom. The molecule has 3 rings (SSSR count). The number of oxime groups is 1. The average molecular weight is 474 g/mol. The molecule has 0 atom stereocenters. The molecule has 0 saturated carbocycles. The Labute approximate surface area is 199 Å². The van der Waals surface area contributed by atoms with Crippen LogP contribution in [0.4, 0.5) is 0 Å². The van der Waals surface area contributed by atoms with Crippen LogP contribution in [0.2, 0.25) is 0 Å². The molecule has 1 heterocycles. The number of methoxy groups -OCH3 is 2. The minimum atomic E-state index is -1.56. The lowest BCUT2D eigenvalue weighted by Gasteiger charge is -2.34. The van der Waals surface area contributed by atoms with Crippen LogP contribution in [0.3, 0.4) is 0 Å². The molecule has 9 heteroatoms. The number of hydrogen-bond acceptors (Lipinski definition) is 8. The van der Waals surface area contributed by atoms with Crippen LogP contribution in [0.25, 0.3) is 0 Å². The fourth-order valence-corrected chi connectivity index (χ4v) is 3.39. The van der Waals surface area contributed by atoms with Gasteiger partial charge in [-0.2, -0.15) is 0 Å². The molecule has 0 aromatic heterocycles. The highest BCUT2D eigenvalue weighted by Crippen LogP contribution is 2.28. The third kappa shape index (κ3) is 6.61. The standard InChI is InChI=1S/C25H31NO8/c1-17(20-7-10-22(29-3)23(14-20)30-4)26-34-12-11-31-21-8-5-18(6-9-21)13-19-15-32-25(2,24(27)28)33-16-19/h5-10,14,19H,11-13,15-16H2,1-4H3,(H,27,28)/b26-17+. The fourth-order valence-electron chi connectivity index (χ4n) is 3.39. The Morgan fingerprint density at radius 1 is 1.06 bits per heavy atom. The third-order valence-corrected chi connectivity index (χ3v) is 5.47. The van der Waals surface area contributed by atoms with E-state index < -0.39 is 11.8 Å². The van der Waals surface area contributed by atoms with Gasteiger partial charge in [-0.1, -0.05) is 17.3 Å². The van der Waals surface area contributed by atoms with Gasteiger partial charge in [0, 0.05) is 18.4 Å². The fraction of sp³-hybridized carbons (Fsp3) is 0.440. The number of carboxylic acid groups (broad SMARTS) is 1. The highest BCUT2D eigenvalue weighted by atomic mass is 16.7. The third-order valence-electron chi connectivity index (χ3n) is 5.47. The molecule has 0 spiro atoms. The van der Waals surface area contributed by atoms with Gasteiger partial charge in [0.1, 0.15) is 12.4 Å². The van der Waals surface area contributed by atoms with Gasteiger partial charge in [-0.05, 0) is 49.2 Å². The molecule has 0 radical (unpaired) electrons. The number of carbonyl (C=O) groups is 1. The van der Waals surface area contributed by atoms with Crippen LogP contribution in [0.5, 0.6) is 17.2 Å². The van der Waals surface area contributed by atoms with Crippen molar-refractivity contribution in [1.29, 1.82) is 0 Å². The second-order valence-corrected chi connectivity index (χ2v) is 8.02. The molecule has 184 valence electrons. The van der Waals surface area contributed by atoms with Gasteiger partial charge in [-0.3, -0.25) is 0 Å². The lowest BCUT2D eigenvalue weighted by Crippen LogP contribution is -2.48. The van der Waals surface area contributed by atoms with Crippen LogP contribution in [0, 0.1) is 5.92 Å². The van der Waals surface area contributed by atoms with E-state index >= 15 is 0 Å². The number of rotatable bonds is 11. The van der Waals surface area contributed by atoms with E-state index in [2.05, 4.69) is 5.16 Å². The predicted molar refractivity (Wildman–Crippen MR) is 125 cm³/mol. The molecule has 2 aromatic rings. The van der Waals surface area contributed by atoms with Crippen molar-refractivity contribution >= 4 is 11.7 Å². The average Bonchev–Trinajstić information content (AvgIpc) is 2.85. The molecule has 1 aliphatic heterocycles. The quantitative estimate of drug-likeness (QED) is 0.300. The number of ether oxygens (including phenoxy) is 5. The summed E-state index contributed by atoms with van der Waals surface area (Å²) >= 11 is 0.